The van der Waals surface area contributed by atoms with E-state index in [1.165, 1.54) is 0 Å². The predicted octanol–water partition coefficient (Wildman–Crippen LogP) is 3.77. The second-order valence-corrected chi connectivity index (χ2v) is 7.99. The number of hydrogen-bond donors (Lipinski definition) is 2. The fraction of sp³-hybridized carbons (Fsp3) is 0.250. The lowest BCUT2D eigenvalue weighted by Gasteiger charge is -2.22. The second kappa shape index (κ2) is 8.30. The lowest BCUT2D eigenvalue weighted by Crippen LogP contribution is -2.21. The minimum Gasteiger partial charge on any atom is -0.370 e. The number of benzene rings is 2. The molecule has 1 aliphatic rings. The SMILES string of the molecule is CN1CCCCc2nc(-c3noc4c(C(N)=O)cccc34)nc(NCc3ccccc3)c21. The maximum atomic E-state index is 11.8. The first-order valence-corrected chi connectivity index (χ1v) is 10.7. The maximum Gasteiger partial charge on any atom is 0.252 e. The third kappa shape index (κ3) is 3.64. The summed E-state index contributed by atoms with van der Waals surface area (Å²) >= 11 is 0. The topological polar surface area (TPSA) is 110 Å². The molecular weight excluding hydrogens is 404 g/mol. The second-order valence-electron chi connectivity index (χ2n) is 7.99. The monoisotopic (exact) mass is 428 g/mol. The zero-order valence-electron chi connectivity index (χ0n) is 17.8. The highest BCUT2D eigenvalue weighted by Crippen LogP contribution is 2.35. The van der Waals surface area contributed by atoms with Crippen LogP contribution in [0.2, 0.25) is 0 Å². The number of carbonyl (C=O) groups excluding carboxylic acids is 1. The fourth-order valence-corrected chi connectivity index (χ4v) is 4.16. The number of nitrogens with one attached hydrogen (secondary N) is 1. The summed E-state index contributed by atoms with van der Waals surface area (Å²) in [4.78, 5) is 23.7. The molecule has 0 atom stereocenters. The number of hydrogen-bond acceptors (Lipinski definition) is 7. The molecule has 0 unspecified atom stereocenters. The number of primary amides is 1. The summed E-state index contributed by atoms with van der Waals surface area (Å²) in [7, 11) is 2.07. The molecule has 2 aromatic heterocycles. The van der Waals surface area contributed by atoms with Crippen molar-refractivity contribution in [2.24, 2.45) is 5.73 Å². The van der Waals surface area contributed by atoms with Gasteiger partial charge in [-0.05, 0) is 37.0 Å². The number of rotatable bonds is 5. The van der Waals surface area contributed by atoms with Crippen molar-refractivity contribution in [3.05, 3.63) is 65.4 Å². The van der Waals surface area contributed by atoms with Crippen LogP contribution < -0.4 is 16.0 Å². The molecule has 0 bridgehead atoms. The van der Waals surface area contributed by atoms with Crippen molar-refractivity contribution < 1.29 is 9.32 Å². The molecule has 0 fully saturated rings. The van der Waals surface area contributed by atoms with Crippen molar-refractivity contribution in [3.8, 4) is 11.5 Å². The van der Waals surface area contributed by atoms with Crippen molar-refractivity contribution in [3.63, 3.8) is 0 Å². The number of amides is 1. The quantitative estimate of drug-likeness (QED) is 0.498. The van der Waals surface area contributed by atoms with E-state index in [9.17, 15) is 4.79 Å². The first-order valence-electron chi connectivity index (χ1n) is 10.7. The molecule has 8 heteroatoms. The molecule has 0 saturated carbocycles. The minimum absolute atomic E-state index is 0.290. The summed E-state index contributed by atoms with van der Waals surface area (Å²) in [6, 6.07) is 15.4. The third-order valence-electron chi connectivity index (χ3n) is 5.77. The molecule has 2 aromatic carbocycles. The van der Waals surface area contributed by atoms with Crippen LogP contribution in [0.5, 0.6) is 0 Å². The Labute approximate surface area is 185 Å². The zero-order valence-corrected chi connectivity index (χ0v) is 17.8. The number of fused-ring (bicyclic) bond motifs is 2. The number of nitrogens with zero attached hydrogens (tertiary/aromatic N) is 4. The van der Waals surface area contributed by atoms with Gasteiger partial charge >= 0.3 is 0 Å². The van der Waals surface area contributed by atoms with Crippen molar-refractivity contribution in [2.75, 3.05) is 23.8 Å². The molecule has 3 heterocycles. The third-order valence-corrected chi connectivity index (χ3v) is 5.77. The molecule has 5 rings (SSSR count). The lowest BCUT2D eigenvalue weighted by atomic mass is 10.1. The van der Waals surface area contributed by atoms with E-state index in [4.69, 9.17) is 20.2 Å². The van der Waals surface area contributed by atoms with E-state index in [2.05, 4.69) is 34.6 Å². The highest BCUT2D eigenvalue weighted by atomic mass is 16.5. The number of anilines is 2. The van der Waals surface area contributed by atoms with Crippen molar-refractivity contribution in [1.82, 2.24) is 15.1 Å². The van der Waals surface area contributed by atoms with Crippen LogP contribution in [0.25, 0.3) is 22.5 Å². The highest BCUT2D eigenvalue weighted by molar-refractivity contribution is 6.06. The Bertz CT molecular complexity index is 1280. The Morgan fingerprint density at radius 3 is 2.78 bits per heavy atom. The normalized spacial score (nSPS) is 13.6. The number of para-hydroxylation sites is 1. The summed E-state index contributed by atoms with van der Waals surface area (Å²) in [6.07, 6.45) is 3.00. The van der Waals surface area contributed by atoms with Crippen LogP contribution >= 0.6 is 0 Å². The van der Waals surface area contributed by atoms with E-state index in [0.29, 0.717) is 29.0 Å². The molecule has 8 nitrogen and oxygen atoms in total. The smallest absolute Gasteiger partial charge is 0.252 e. The van der Waals surface area contributed by atoms with Gasteiger partial charge in [-0.1, -0.05) is 41.6 Å². The summed E-state index contributed by atoms with van der Waals surface area (Å²) in [6.45, 7) is 1.59. The maximum absolute atomic E-state index is 11.8. The first-order chi connectivity index (χ1) is 15.6. The molecule has 3 N–H and O–H groups in total. The van der Waals surface area contributed by atoms with Crippen LogP contribution in [-0.2, 0) is 13.0 Å². The summed E-state index contributed by atoms with van der Waals surface area (Å²) in [5, 5.41) is 8.38. The van der Waals surface area contributed by atoms with E-state index in [0.717, 1.165) is 48.6 Å². The van der Waals surface area contributed by atoms with Crippen LogP contribution in [0.3, 0.4) is 0 Å². The van der Waals surface area contributed by atoms with Crippen molar-refractivity contribution >= 4 is 28.4 Å². The Kier molecular flexibility index (Phi) is 5.18. The molecule has 0 spiro atoms. The number of nitrogens with two attached hydrogens (primary N) is 1. The van der Waals surface area contributed by atoms with Gasteiger partial charge in [-0.2, -0.15) is 0 Å². The van der Waals surface area contributed by atoms with E-state index >= 15 is 0 Å². The van der Waals surface area contributed by atoms with Gasteiger partial charge in [0.2, 0.25) is 0 Å². The average molecular weight is 428 g/mol. The summed E-state index contributed by atoms with van der Waals surface area (Å²) in [5.41, 5.74) is 9.80. The Balaban J connectivity index is 1.62. The van der Waals surface area contributed by atoms with Crippen LogP contribution in [0.15, 0.2) is 53.1 Å². The van der Waals surface area contributed by atoms with Crippen LogP contribution in [-0.4, -0.2) is 34.6 Å². The molecule has 0 saturated heterocycles. The molecule has 162 valence electrons. The molecule has 4 aromatic rings. The Hall–Kier alpha value is -3.94. The number of aryl methyl sites for hydroxylation is 1. The van der Waals surface area contributed by atoms with Gasteiger partial charge in [0.1, 0.15) is 5.69 Å². The van der Waals surface area contributed by atoms with Crippen LogP contribution in [0.4, 0.5) is 11.5 Å². The fourth-order valence-electron chi connectivity index (χ4n) is 4.16. The van der Waals surface area contributed by atoms with Gasteiger partial charge in [0.05, 0.1) is 16.6 Å². The largest absolute Gasteiger partial charge is 0.370 e. The standard InChI is InChI=1S/C24H24N6O2/c1-30-13-6-5-12-18-20(30)24(26-14-15-8-3-2-4-9-15)28-23(27-18)19-16-10-7-11-17(22(25)31)21(16)32-29-19/h2-4,7-11H,5-6,12-14H2,1H3,(H2,25,31)(H,26,27,28). The van der Waals surface area contributed by atoms with Gasteiger partial charge in [-0.25, -0.2) is 9.97 Å². The summed E-state index contributed by atoms with van der Waals surface area (Å²) in [5.74, 6) is 0.670. The predicted molar refractivity (Wildman–Crippen MR) is 124 cm³/mol. The molecule has 1 aliphatic heterocycles. The number of aromatic nitrogens is 3. The van der Waals surface area contributed by atoms with Gasteiger partial charge in [0, 0.05) is 20.1 Å². The van der Waals surface area contributed by atoms with Gasteiger partial charge < -0.3 is 20.5 Å². The lowest BCUT2D eigenvalue weighted by molar-refractivity contribution is 0.100. The molecule has 0 aliphatic carbocycles. The molecule has 32 heavy (non-hydrogen) atoms. The van der Waals surface area contributed by atoms with E-state index in [1.54, 1.807) is 12.1 Å². The van der Waals surface area contributed by atoms with Gasteiger partial charge in [-0.15, -0.1) is 0 Å². The van der Waals surface area contributed by atoms with Crippen molar-refractivity contribution in [2.45, 2.75) is 25.8 Å². The minimum atomic E-state index is -0.562. The molecule has 0 radical (unpaired) electrons. The van der Waals surface area contributed by atoms with E-state index in [1.807, 2.05) is 24.3 Å². The highest BCUT2D eigenvalue weighted by Gasteiger charge is 2.24. The van der Waals surface area contributed by atoms with Gasteiger partial charge in [0.25, 0.3) is 5.91 Å². The summed E-state index contributed by atoms with van der Waals surface area (Å²) < 4.78 is 5.49. The number of carbonyl (C=O) groups is 1. The van der Waals surface area contributed by atoms with E-state index in [-0.39, 0.29) is 5.56 Å². The van der Waals surface area contributed by atoms with Crippen molar-refractivity contribution in [1.29, 1.82) is 0 Å². The van der Waals surface area contributed by atoms with Crippen LogP contribution in [0.1, 0.15) is 34.5 Å². The molecular formula is C24H24N6O2. The van der Waals surface area contributed by atoms with Crippen LogP contribution in [0, 0.1) is 0 Å². The van der Waals surface area contributed by atoms with Gasteiger partial charge in [-0.3, -0.25) is 4.79 Å². The average Bonchev–Trinajstić information content (AvgIpc) is 3.15. The molecule has 1 amide bonds. The zero-order chi connectivity index (χ0) is 22.1. The van der Waals surface area contributed by atoms with Gasteiger partial charge in [0.15, 0.2) is 22.9 Å². The Morgan fingerprint density at radius 2 is 1.97 bits per heavy atom. The first kappa shape index (κ1) is 20.0. The Morgan fingerprint density at radius 1 is 1.12 bits per heavy atom. The van der Waals surface area contributed by atoms with E-state index < -0.39 is 5.91 Å².